The summed E-state index contributed by atoms with van der Waals surface area (Å²) in [5.74, 6) is -0.732. The van der Waals surface area contributed by atoms with E-state index >= 15 is 0 Å². The van der Waals surface area contributed by atoms with Crippen molar-refractivity contribution in [3.8, 4) is 0 Å². The Bertz CT molecular complexity index is 507. The number of ether oxygens (including phenoxy) is 1. The zero-order valence-electron chi connectivity index (χ0n) is 11.6. The van der Waals surface area contributed by atoms with E-state index in [4.69, 9.17) is 4.74 Å². The lowest BCUT2D eigenvalue weighted by atomic mass is 10.0. The fourth-order valence-electron chi connectivity index (χ4n) is 2.88. The molecule has 0 aromatic rings. The van der Waals surface area contributed by atoms with E-state index in [9.17, 15) is 14.4 Å². The summed E-state index contributed by atoms with van der Waals surface area (Å²) in [6.07, 6.45) is 3.21. The van der Waals surface area contributed by atoms with Crippen molar-refractivity contribution in [2.24, 2.45) is 0 Å². The number of carbonyl (C=O) groups is 3. The maximum atomic E-state index is 12.4. The second-order valence-electron chi connectivity index (χ2n) is 5.37. The van der Waals surface area contributed by atoms with E-state index in [1.54, 1.807) is 11.8 Å². The number of nitrogens with zero attached hydrogens (tertiary/aromatic N) is 2. The van der Waals surface area contributed by atoms with Gasteiger partial charge in [0.1, 0.15) is 12.2 Å². The van der Waals surface area contributed by atoms with Crippen molar-refractivity contribution in [3.05, 3.63) is 11.3 Å². The van der Waals surface area contributed by atoms with E-state index in [0.717, 1.165) is 19.3 Å². The molecule has 0 bridgehead atoms. The van der Waals surface area contributed by atoms with Crippen LogP contribution in [-0.2, 0) is 19.1 Å². The second kappa shape index (κ2) is 4.92. The lowest BCUT2D eigenvalue weighted by molar-refractivity contribution is -0.144. The first-order valence-electron chi connectivity index (χ1n) is 7.15. The molecular weight excluding hydrogens is 260 g/mol. The van der Waals surface area contributed by atoms with Gasteiger partial charge in [-0.25, -0.2) is 0 Å². The van der Waals surface area contributed by atoms with Crippen LogP contribution >= 0.6 is 0 Å². The molecule has 108 valence electrons. The number of carbonyl (C=O) groups excluding carboxylic acids is 3. The van der Waals surface area contributed by atoms with Crippen molar-refractivity contribution < 1.29 is 19.1 Å². The predicted octanol–water partition coefficient (Wildman–Crippen LogP) is 0.431. The monoisotopic (exact) mass is 278 g/mol. The summed E-state index contributed by atoms with van der Waals surface area (Å²) in [7, 11) is 0. The number of amides is 2. The lowest BCUT2D eigenvalue weighted by Crippen LogP contribution is -2.39. The average molecular weight is 278 g/mol. The number of imide groups is 1. The molecule has 2 heterocycles. The van der Waals surface area contributed by atoms with Crippen LogP contribution in [0.4, 0.5) is 0 Å². The molecule has 0 atom stereocenters. The molecule has 3 aliphatic rings. The molecule has 0 aromatic carbocycles. The fourth-order valence-corrected chi connectivity index (χ4v) is 2.88. The predicted molar refractivity (Wildman–Crippen MR) is 69.3 cm³/mol. The van der Waals surface area contributed by atoms with Crippen LogP contribution in [0.1, 0.15) is 32.6 Å². The molecule has 1 fully saturated rings. The van der Waals surface area contributed by atoms with Crippen molar-refractivity contribution in [1.82, 2.24) is 9.80 Å². The highest BCUT2D eigenvalue weighted by molar-refractivity contribution is 6.19. The van der Waals surface area contributed by atoms with Crippen LogP contribution in [0.2, 0.25) is 0 Å². The summed E-state index contributed by atoms with van der Waals surface area (Å²) < 4.78 is 4.93. The molecule has 6 heteroatoms. The van der Waals surface area contributed by atoms with Gasteiger partial charge in [0.15, 0.2) is 0 Å². The molecule has 3 rings (SSSR count). The van der Waals surface area contributed by atoms with Crippen LogP contribution in [0.15, 0.2) is 11.3 Å². The number of hydrogen-bond donors (Lipinski definition) is 0. The maximum absolute atomic E-state index is 12.4. The van der Waals surface area contributed by atoms with Crippen LogP contribution < -0.4 is 0 Å². The van der Waals surface area contributed by atoms with Crippen molar-refractivity contribution in [3.63, 3.8) is 0 Å². The van der Waals surface area contributed by atoms with Gasteiger partial charge in [0.25, 0.3) is 11.8 Å². The Labute approximate surface area is 117 Å². The van der Waals surface area contributed by atoms with Gasteiger partial charge in [0.05, 0.1) is 6.61 Å². The van der Waals surface area contributed by atoms with E-state index in [1.807, 2.05) is 0 Å². The van der Waals surface area contributed by atoms with Gasteiger partial charge in [-0.2, -0.15) is 0 Å². The van der Waals surface area contributed by atoms with E-state index in [1.165, 1.54) is 4.90 Å². The molecule has 0 radical (unpaired) electrons. The summed E-state index contributed by atoms with van der Waals surface area (Å²) in [5.41, 5.74) is 1.01. The largest absolute Gasteiger partial charge is 0.465 e. The quantitative estimate of drug-likeness (QED) is 0.551. The van der Waals surface area contributed by atoms with Crippen LogP contribution in [0, 0.1) is 0 Å². The molecular formula is C14H18N2O4. The molecule has 0 aromatic heterocycles. The molecule has 6 nitrogen and oxygen atoms in total. The Morgan fingerprint density at radius 3 is 2.70 bits per heavy atom. The summed E-state index contributed by atoms with van der Waals surface area (Å²) in [6.45, 7) is 2.73. The van der Waals surface area contributed by atoms with Gasteiger partial charge in [-0.15, -0.1) is 0 Å². The first-order chi connectivity index (χ1) is 9.63. The minimum Gasteiger partial charge on any atom is -0.465 e. The molecule has 0 saturated heterocycles. The fraction of sp³-hybridized carbons (Fsp3) is 0.643. The molecule has 0 N–H and O–H groups in total. The molecule has 2 aliphatic heterocycles. The second-order valence-corrected chi connectivity index (χ2v) is 5.37. The Hall–Kier alpha value is -1.85. The van der Waals surface area contributed by atoms with Gasteiger partial charge in [-0.05, 0) is 32.6 Å². The van der Waals surface area contributed by atoms with Gasteiger partial charge in [-0.3, -0.25) is 19.3 Å². The standard InChI is InChI=1S/C14H18N2O4/c1-2-20-11(17)8-15-7-3-4-10-12(15)14(19)16(13(10)18)9-5-6-9/h9H,2-8H2,1H3. The third-order valence-corrected chi connectivity index (χ3v) is 3.89. The van der Waals surface area contributed by atoms with Crippen LogP contribution in [-0.4, -0.2) is 53.3 Å². The van der Waals surface area contributed by atoms with E-state index in [2.05, 4.69) is 0 Å². The highest BCUT2D eigenvalue weighted by atomic mass is 16.5. The van der Waals surface area contributed by atoms with Crippen LogP contribution in [0.3, 0.4) is 0 Å². The number of esters is 1. The zero-order chi connectivity index (χ0) is 14.3. The average Bonchev–Trinajstić information content (AvgIpc) is 3.19. The van der Waals surface area contributed by atoms with Crippen LogP contribution in [0.5, 0.6) is 0 Å². The number of hydrogen-bond acceptors (Lipinski definition) is 5. The van der Waals surface area contributed by atoms with E-state index in [0.29, 0.717) is 30.8 Å². The topological polar surface area (TPSA) is 66.9 Å². The molecule has 20 heavy (non-hydrogen) atoms. The third-order valence-electron chi connectivity index (χ3n) is 3.89. The molecule has 0 spiro atoms. The van der Waals surface area contributed by atoms with Gasteiger partial charge < -0.3 is 9.64 Å². The summed E-state index contributed by atoms with van der Waals surface area (Å²) in [5, 5.41) is 0. The maximum Gasteiger partial charge on any atom is 0.325 e. The van der Waals surface area contributed by atoms with E-state index < -0.39 is 0 Å². The molecule has 2 amide bonds. The number of rotatable bonds is 4. The van der Waals surface area contributed by atoms with Crippen molar-refractivity contribution in [2.75, 3.05) is 19.7 Å². The van der Waals surface area contributed by atoms with E-state index in [-0.39, 0.29) is 30.4 Å². The molecule has 1 aliphatic carbocycles. The lowest BCUT2D eigenvalue weighted by Gasteiger charge is -2.27. The first kappa shape index (κ1) is 13.1. The van der Waals surface area contributed by atoms with Crippen molar-refractivity contribution in [2.45, 2.75) is 38.6 Å². The van der Waals surface area contributed by atoms with Crippen LogP contribution in [0.25, 0.3) is 0 Å². The highest BCUT2D eigenvalue weighted by Gasteiger charge is 2.48. The highest BCUT2D eigenvalue weighted by Crippen LogP contribution is 2.38. The Kier molecular flexibility index (Phi) is 3.23. The summed E-state index contributed by atoms with van der Waals surface area (Å²) in [6, 6.07) is 0.0741. The van der Waals surface area contributed by atoms with Crippen molar-refractivity contribution in [1.29, 1.82) is 0 Å². The minimum atomic E-state index is -0.355. The Morgan fingerprint density at radius 2 is 2.05 bits per heavy atom. The third kappa shape index (κ3) is 2.09. The minimum absolute atomic E-state index is 0.0458. The normalized spacial score (nSPS) is 22.4. The van der Waals surface area contributed by atoms with Gasteiger partial charge in [0.2, 0.25) is 0 Å². The van der Waals surface area contributed by atoms with Gasteiger partial charge in [0, 0.05) is 18.2 Å². The first-order valence-corrected chi connectivity index (χ1v) is 7.15. The van der Waals surface area contributed by atoms with Gasteiger partial charge >= 0.3 is 5.97 Å². The Morgan fingerprint density at radius 1 is 1.30 bits per heavy atom. The zero-order valence-corrected chi connectivity index (χ0v) is 11.6. The SMILES string of the molecule is CCOC(=O)CN1CCCC2=C1C(=O)N(C1CC1)C2=O. The Balaban J connectivity index is 1.81. The summed E-state index contributed by atoms with van der Waals surface area (Å²) in [4.78, 5) is 39.4. The smallest absolute Gasteiger partial charge is 0.325 e. The summed E-state index contributed by atoms with van der Waals surface area (Å²) >= 11 is 0. The van der Waals surface area contributed by atoms with Gasteiger partial charge in [-0.1, -0.05) is 0 Å². The molecule has 1 saturated carbocycles. The molecule has 0 unspecified atom stereocenters. The van der Waals surface area contributed by atoms with Crippen molar-refractivity contribution >= 4 is 17.8 Å².